The van der Waals surface area contributed by atoms with Crippen LogP contribution in [-0.2, 0) is 6.42 Å². The number of benzene rings is 3. The number of rotatable bonds is 6. The Labute approximate surface area is 212 Å². The van der Waals surface area contributed by atoms with Crippen molar-refractivity contribution in [1.82, 2.24) is 4.90 Å². The number of thiocarbonyl (C=S) groups is 1. The van der Waals surface area contributed by atoms with Crippen LogP contribution in [0.4, 0.5) is 10.1 Å². The minimum Gasteiger partial charge on any atom is -0.493 e. The quantitative estimate of drug-likeness (QED) is 0.294. The molecule has 5 nitrogen and oxygen atoms in total. The van der Waals surface area contributed by atoms with Gasteiger partial charge in [-0.05, 0) is 113 Å². The molecule has 0 aromatic heterocycles. The second kappa shape index (κ2) is 10.6. The van der Waals surface area contributed by atoms with Gasteiger partial charge in [-0.2, -0.15) is 0 Å². The molecule has 1 N–H and O–H groups in total. The van der Waals surface area contributed by atoms with E-state index in [1.807, 2.05) is 36.4 Å². The number of nitrogens with one attached hydrogen (secondary N) is 1. The Morgan fingerprint density at radius 2 is 1.73 bits per heavy atom. The number of methoxy groups -OCH3 is 2. The van der Waals surface area contributed by atoms with E-state index in [9.17, 15) is 4.39 Å². The van der Waals surface area contributed by atoms with Gasteiger partial charge in [0.2, 0.25) is 0 Å². The Bertz CT molecular complexity index is 1130. The Hall–Kier alpha value is -2.59. The molecule has 0 fully saturated rings. The van der Waals surface area contributed by atoms with Gasteiger partial charge in [-0.15, -0.1) is 0 Å². The van der Waals surface area contributed by atoms with Crippen LogP contribution in [0.5, 0.6) is 17.2 Å². The van der Waals surface area contributed by atoms with Gasteiger partial charge in [-0.3, -0.25) is 0 Å². The van der Waals surface area contributed by atoms with Gasteiger partial charge in [0, 0.05) is 15.8 Å². The molecule has 0 unspecified atom stereocenters. The van der Waals surface area contributed by atoms with Gasteiger partial charge in [0.25, 0.3) is 0 Å². The maximum atomic E-state index is 13.3. The summed E-state index contributed by atoms with van der Waals surface area (Å²) in [5.41, 5.74) is 3.15. The third-order valence-electron chi connectivity index (χ3n) is 5.58. The highest BCUT2D eigenvalue weighted by atomic mass is 127. The van der Waals surface area contributed by atoms with Crippen LogP contribution < -0.4 is 19.5 Å². The van der Waals surface area contributed by atoms with Crippen molar-refractivity contribution in [3.63, 3.8) is 0 Å². The molecule has 0 amide bonds. The third kappa shape index (κ3) is 5.50. The van der Waals surface area contributed by atoms with E-state index in [1.165, 1.54) is 12.1 Å². The van der Waals surface area contributed by atoms with E-state index >= 15 is 0 Å². The predicted octanol–water partition coefficient (Wildman–Crippen LogP) is 5.82. The van der Waals surface area contributed by atoms with Crippen molar-refractivity contribution in [2.45, 2.75) is 12.5 Å². The van der Waals surface area contributed by atoms with Crippen molar-refractivity contribution in [2.75, 3.05) is 32.7 Å². The molecule has 1 aliphatic rings. The van der Waals surface area contributed by atoms with Crippen LogP contribution in [0.15, 0.2) is 60.7 Å². The first-order valence-corrected chi connectivity index (χ1v) is 11.9. The van der Waals surface area contributed by atoms with E-state index < -0.39 is 0 Å². The zero-order chi connectivity index (χ0) is 23.4. The molecule has 0 bridgehead atoms. The lowest BCUT2D eigenvalue weighted by molar-refractivity contribution is 0.190. The highest BCUT2D eigenvalue weighted by Crippen LogP contribution is 2.38. The van der Waals surface area contributed by atoms with Gasteiger partial charge < -0.3 is 24.4 Å². The topological polar surface area (TPSA) is 43.0 Å². The number of hydrogen-bond donors (Lipinski definition) is 1. The number of nitrogens with zero attached hydrogens (tertiary/aromatic N) is 1. The molecule has 0 spiro atoms. The second-order valence-electron chi connectivity index (χ2n) is 7.57. The van der Waals surface area contributed by atoms with Crippen molar-refractivity contribution in [3.05, 3.63) is 81.2 Å². The molecule has 0 radical (unpaired) electrons. The van der Waals surface area contributed by atoms with Crippen LogP contribution in [0, 0.1) is 9.39 Å². The molecule has 3 aromatic carbocycles. The minimum atomic E-state index is -0.299. The average Bonchev–Trinajstić information content (AvgIpc) is 2.83. The highest BCUT2D eigenvalue weighted by molar-refractivity contribution is 14.1. The highest BCUT2D eigenvalue weighted by Gasteiger charge is 2.31. The van der Waals surface area contributed by atoms with Crippen LogP contribution >= 0.6 is 34.8 Å². The monoisotopic (exact) mass is 578 g/mol. The first-order valence-electron chi connectivity index (χ1n) is 10.4. The molecular weight excluding hydrogens is 554 g/mol. The lowest BCUT2D eigenvalue weighted by atomic mass is 9.92. The van der Waals surface area contributed by atoms with Gasteiger partial charge in [0.15, 0.2) is 16.6 Å². The summed E-state index contributed by atoms with van der Waals surface area (Å²) in [5, 5.41) is 3.96. The lowest BCUT2D eigenvalue weighted by Gasteiger charge is -2.39. The van der Waals surface area contributed by atoms with Crippen LogP contribution in [0.3, 0.4) is 0 Å². The van der Waals surface area contributed by atoms with Gasteiger partial charge >= 0.3 is 0 Å². The van der Waals surface area contributed by atoms with Crippen molar-refractivity contribution >= 4 is 45.6 Å². The normalized spacial score (nSPS) is 14.9. The first-order chi connectivity index (χ1) is 16.0. The summed E-state index contributed by atoms with van der Waals surface area (Å²) < 4.78 is 31.6. The van der Waals surface area contributed by atoms with Gasteiger partial charge in [-0.25, -0.2) is 4.39 Å². The molecule has 0 aliphatic carbocycles. The van der Waals surface area contributed by atoms with Crippen molar-refractivity contribution in [2.24, 2.45) is 0 Å². The van der Waals surface area contributed by atoms with E-state index in [0.29, 0.717) is 29.0 Å². The smallest absolute Gasteiger partial charge is 0.174 e. The average molecular weight is 578 g/mol. The van der Waals surface area contributed by atoms with Crippen LogP contribution in [0.25, 0.3) is 0 Å². The van der Waals surface area contributed by atoms with Crippen molar-refractivity contribution in [3.8, 4) is 17.2 Å². The van der Waals surface area contributed by atoms with Crippen molar-refractivity contribution in [1.29, 1.82) is 0 Å². The second-order valence-corrected chi connectivity index (χ2v) is 9.20. The molecule has 1 atom stereocenters. The summed E-state index contributed by atoms with van der Waals surface area (Å²) in [7, 11) is 3.26. The Kier molecular flexibility index (Phi) is 7.54. The summed E-state index contributed by atoms with van der Waals surface area (Å²) >= 11 is 8.08. The maximum absolute atomic E-state index is 13.3. The Morgan fingerprint density at radius 3 is 2.39 bits per heavy atom. The van der Waals surface area contributed by atoms with E-state index in [0.717, 1.165) is 33.4 Å². The number of fused-ring (bicyclic) bond motifs is 1. The zero-order valence-corrected chi connectivity index (χ0v) is 21.3. The predicted molar refractivity (Wildman–Crippen MR) is 140 cm³/mol. The lowest BCUT2D eigenvalue weighted by Crippen LogP contribution is -2.44. The number of hydrogen-bond acceptors (Lipinski definition) is 4. The summed E-state index contributed by atoms with van der Waals surface area (Å²) in [4.78, 5) is 2.13. The molecule has 0 saturated heterocycles. The molecule has 4 rings (SSSR count). The van der Waals surface area contributed by atoms with E-state index in [2.05, 4.69) is 32.8 Å². The third-order valence-corrected chi connectivity index (χ3v) is 6.64. The molecule has 8 heteroatoms. The maximum Gasteiger partial charge on any atom is 0.174 e. The standard InChI is InChI=1S/C25H24FIN2O3S/c1-30-23-13-16-11-12-29(25(33)28-19-7-5-18(27)6-8-19)22(21(16)14-24(23)31-2)15-32-20-9-3-17(26)4-10-20/h3-10,13-14,22H,11-12,15H2,1-2H3,(H,28,33)/t22-/m1/s1. The summed E-state index contributed by atoms with van der Waals surface area (Å²) in [5.74, 6) is 1.65. The molecule has 33 heavy (non-hydrogen) atoms. The fraction of sp³-hybridized carbons (Fsp3) is 0.240. The fourth-order valence-corrected chi connectivity index (χ4v) is 4.58. The molecule has 1 aliphatic heterocycles. The molecule has 172 valence electrons. The van der Waals surface area contributed by atoms with Crippen LogP contribution in [0.2, 0.25) is 0 Å². The van der Waals surface area contributed by atoms with Gasteiger partial charge in [0.1, 0.15) is 18.2 Å². The number of ether oxygens (including phenoxy) is 3. The molecule has 3 aromatic rings. The van der Waals surface area contributed by atoms with Gasteiger partial charge in [0.05, 0.1) is 20.3 Å². The largest absolute Gasteiger partial charge is 0.493 e. The summed E-state index contributed by atoms with van der Waals surface area (Å²) in [6.07, 6.45) is 0.803. The number of anilines is 1. The Morgan fingerprint density at radius 1 is 1.06 bits per heavy atom. The summed E-state index contributed by atoms with van der Waals surface area (Å²) in [6, 6.07) is 17.9. The zero-order valence-electron chi connectivity index (χ0n) is 18.3. The van der Waals surface area contributed by atoms with Crippen LogP contribution in [-0.4, -0.2) is 37.4 Å². The molecule has 0 saturated carbocycles. The minimum absolute atomic E-state index is 0.164. The van der Waals surface area contributed by atoms with Crippen molar-refractivity contribution < 1.29 is 18.6 Å². The van der Waals surface area contributed by atoms with E-state index in [4.69, 9.17) is 26.4 Å². The first kappa shape index (κ1) is 23.6. The van der Waals surface area contributed by atoms with E-state index in [1.54, 1.807) is 26.4 Å². The summed E-state index contributed by atoms with van der Waals surface area (Å²) in [6.45, 7) is 1.05. The van der Waals surface area contributed by atoms with Gasteiger partial charge in [-0.1, -0.05) is 0 Å². The SMILES string of the molecule is COc1cc2c(cc1OC)[C@@H](COc1ccc(F)cc1)N(C(=S)Nc1ccc(I)cc1)CC2. The number of halogens is 2. The Balaban J connectivity index is 1.63. The van der Waals surface area contributed by atoms with E-state index in [-0.39, 0.29) is 11.9 Å². The molecule has 1 heterocycles. The van der Waals surface area contributed by atoms with Crippen LogP contribution in [0.1, 0.15) is 17.2 Å². The fourth-order valence-electron chi connectivity index (χ4n) is 3.89. The molecular formula is C25H24FIN2O3S.